The molecule has 0 aliphatic rings. The van der Waals surface area contributed by atoms with Crippen molar-refractivity contribution in [3.8, 4) is 44.5 Å². The van der Waals surface area contributed by atoms with Crippen LogP contribution in [-0.2, 0) is 0 Å². The van der Waals surface area contributed by atoms with Crippen molar-refractivity contribution in [2.45, 2.75) is 0 Å². The van der Waals surface area contributed by atoms with Crippen LogP contribution in [0, 0.1) is 0 Å². The normalized spacial score (nSPS) is 17.6. The van der Waals surface area contributed by atoms with E-state index in [9.17, 15) is 2.74 Å². The molecular formula is C38H24Br2. The third-order valence-electron chi connectivity index (χ3n) is 6.29. The quantitative estimate of drug-likeness (QED) is 0.165. The highest BCUT2D eigenvalue weighted by atomic mass is 79.9. The molecule has 7 aromatic rings. The van der Waals surface area contributed by atoms with Crippen LogP contribution in [0.25, 0.3) is 66.1 Å². The minimum atomic E-state index is -0.722. The van der Waals surface area contributed by atoms with Crippen molar-refractivity contribution >= 4 is 53.4 Å². The van der Waals surface area contributed by atoms with Crippen LogP contribution in [0.3, 0.4) is 0 Å². The van der Waals surface area contributed by atoms with Gasteiger partial charge in [0.1, 0.15) is 0 Å². The van der Waals surface area contributed by atoms with Crippen molar-refractivity contribution in [3.63, 3.8) is 0 Å². The lowest BCUT2D eigenvalue weighted by Gasteiger charge is -2.19. The van der Waals surface area contributed by atoms with Crippen LogP contribution < -0.4 is 0 Å². The van der Waals surface area contributed by atoms with Gasteiger partial charge in [0.05, 0.1) is 24.7 Å². The summed E-state index contributed by atoms with van der Waals surface area (Å²) in [5.74, 6) is 0. The van der Waals surface area contributed by atoms with Crippen molar-refractivity contribution < 1.29 is 24.7 Å². The molecule has 2 heteroatoms. The summed E-state index contributed by atoms with van der Waals surface area (Å²) >= 11 is 6.96. The summed E-state index contributed by atoms with van der Waals surface area (Å²) < 4.78 is 158. The van der Waals surface area contributed by atoms with Crippen molar-refractivity contribution in [2.75, 3.05) is 0 Å². The molecule has 0 bridgehead atoms. The molecule has 0 aliphatic carbocycles. The second kappa shape index (κ2) is 10.5. The van der Waals surface area contributed by atoms with Gasteiger partial charge in [-0.25, -0.2) is 0 Å². The van der Waals surface area contributed by atoms with Gasteiger partial charge in [-0.3, -0.25) is 0 Å². The first-order valence-corrected chi connectivity index (χ1v) is 13.4. The highest BCUT2D eigenvalue weighted by Gasteiger charge is 2.18. The van der Waals surface area contributed by atoms with E-state index in [4.69, 9.17) is 21.9 Å². The van der Waals surface area contributed by atoms with Crippen LogP contribution in [0.2, 0.25) is 0 Å². The SMILES string of the molecule is [2H]c1c([2H])c([2H])c(-c2c([2H])c([2H])c([2H])c(-c3c4ccc(Br)cc4c(-c4c([2H])c([2H])c([2H])c(-c5c([2H])c([2H])c([2H])c([2H])c5[2H])c4[2H])c4ccc(Br)cc34)c2[2H])c([2H])c1[2H]. The Hall–Kier alpha value is -3.98. The molecule has 40 heavy (non-hydrogen) atoms. The molecular weight excluding hydrogens is 616 g/mol. The highest BCUT2D eigenvalue weighted by molar-refractivity contribution is 9.10. The largest absolute Gasteiger partial charge is 0.0636 e. The first-order chi connectivity index (χ1) is 27.1. The zero-order valence-corrected chi connectivity index (χ0v) is 23.4. The third-order valence-corrected chi connectivity index (χ3v) is 7.28. The Labute approximate surface area is 276 Å². The molecule has 0 heterocycles. The van der Waals surface area contributed by atoms with Gasteiger partial charge in [0.25, 0.3) is 0 Å². The Morgan fingerprint density at radius 2 is 0.750 bits per heavy atom. The summed E-state index contributed by atoms with van der Waals surface area (Å²) in [6.45, 7) is 0. The van der Waals surface area contributed by atoms with E-state index in [1.165, 1.54) is 0 Å². The van der Waals surface area contributed by atoms with Crippen LogP contribution in [0.15, 0.2) is 154 Å². The van der Waals surface area contributed by atoms with Gasteiger partial charge >= 0.3 is 0 Å². The Kier molecular flexibility index (Phi) is 3.23. The van der Waals surface area contributed by atoms with E-state index in [0.29, 0.717) is 8.95 Å². The molecule has 0 saturated heterocycles. The number of rotatable bonds is 4. The van der Waals surface area contributed by atoms with Gasteiger partial charge in [-0.05, 0) is 102 Å². The van der Waals surface area contributed by atoms with E-state index in [0.717, 1.165) is 0 Å². The van der Waals surface area contributed by atoms with Crippen LogP contribution >= 0.6 is 31.9 Å². The second-order valence-corrected chi connectivity index (χ2v) is 10.5. The predicted molar refractivity (Wildman–Crippen MR) is 179 cm³/mol. The van der Waals surface area contributed by atoms with Gasteiger partial charge in [-0.2, -0.15) is 0 Å². The van der Waals surface area contributed by atoms with E-state index in [-0.39, 0.29) is 43.8 Å². The molecule has 0 amide bonds. The van der Waals surface area contributed by atoms with Crippen LogP contribution in [0.1, 0.15) is 24.7 Å². The van der Waals surface area contributed by atoms with Crippen molar-refractivity contribution in [2.24, 2.45) is 0 Å². The Bertz CT molecular complexity index is 2760. The maximum Gasteiger partial charge on any atom is 0.0636 e. The maximum atomic E-state index is 9.52. The fourth-order valence-electron chi connectivity index (χ4n) is 4.65. The fourth-order valence-corrected chi connectivity index (χ4v) is 5.37. The highest BCUT2D eigenvalue weighted by Crippen LogP contribution is 2.46. The first-order valence-electron chi connectivity index (χ1n) is 20.9. The minimum absolute atomic E-state index is 0.145. The average Bonchev–Trinajstić information content (AvgIpc) is 3.19. The topological polar surface area (TPSA) is 0 Å². The predicted octanol–water partition coefficient (Wildman–Crippen LogP) is 12.2. The Morgan fingerprint density at radius 3 is 1.18 bits per heavy atom. The molecule has 190 valence electrons. The van der Waals surface area contributed by atoms with E-state index < -0.39 is 131 Å². The Morgan fingerprint density at radius 1 is 0.375 bits per heavy atom. The summed E-state index contributed by atoms with van der Waals surface area (Å²) in [5, 5.41) is 1.05. The molecule has 0 radical (unpaired) electrons. The molecule has 0 atom stereocenters. The number of hydrogen-bond donors (Lipinski definition) is 0. The van der Waals surface area contributed by atoms with E-state index in [2.05, 4.69) is 31.9 Å². The van der Waals surface area contributed by atoms with Crippen molar-refractivity contribution in [1.82, 2.24) is 0 Å². The molecule has 0 aromatic heterocycles. The van der Waals surface area contributed by atoms with Crippen molar-refractivity contribution in [3.05, 3.63) is 154 Å². The van der Waals surface area contributed by atoms with Gasteiger partial charge in [0, 0.05) is 8.95 Å². The lowest BCUT2D eigenvalue weighted by molar-refractivity contribution is 1.60. The summed E-state index contributed by atoms with van der Waals surface area (Å²) in [7, 11) is 0. The molecule has 7 aromatic carbocycles. The molecule has 0 spiro atoms. The third kappa shape index (κ3) is 4.58. The zero-order chi connectivity index (χ0) is 42.7. The lowest BCUT2D eigenvalue weighted by atomic mass is 9.85. The first kappa shape index (κ1) is 12.3. The fraction of sp³-hybridized carbons (Fsp3) is 0. The molecule has 7 rings (SSSR count). The molecule has 0 unspecified atom stereocenters. The minimum Gasteiger partial charge on any atom is -0.0622 e. The molecule has 0 aliphatic heterocycles. The molecule has 0 saturated carbocycles. The van der Waals surface area contributed by atoms with Crippen LogP contribution in [-0.4, -0.2) is 0 Å². The Balaban J connectivity index is 1.71. The number of halogens is 2. The maximum absolute atomic E-state index is 9.52. The molecule has 0 fully saturated rings. The number of fused-ring (bicyclic) bond motifs is 2. The summed E-state index contributed by atoms with van der Waals surface area (Å²) in [4.78, 5) is 0. The monoisotopic (exact) mass is 656 g/mol. The van der Waals surface area contributed by atoms with Gasteiger partial charge in [0.15, 0.2) is 0 Å². The average molecular weight is 659 g/mol. The summed E-state index contributed by atoms with van der Waals surface area (Å²) in [6.07, 6.45) is 0. The number of benzene rings is 7. The molecule has 0 N–H and O–H groups in total. The lowest BCUT2D eigenvalue weighted by Crippen LogP contribution is -1.92. The molecule has 0 nitrogen and oxygen atoms in total. The van der Waals surface area contributed by atoms with Gasteiger partial charge in [0.2, 0.25) is 0 Å². The van der Waals surface area contributed by atoms with Gasteiger partial charge in [-0.15, -0.1) is 0 Å². The number of hydrogen-bond acceptors (Lipinski definition) is 0. The standard InChI is InChI=1S/C38H24Br2/c39-31-18-20-34-35(23-31)37(29-15-7-13-27(21-29)25-9-3-1-4-10-25)33-19-17-32(40)24-36(33)38(34)30-16-8-14-28(22-30)26-11-5-2-6-12-26/h1-24H/i1D,2D,3D,4D,5D,6D,7D,8D,9D,10D,11D,12D,13D,14D,15D,16D,21D,22D. The summed E-state index contributed by atoms with van der Waals surface area (Å²) in [6, 6.07) is -2.57. The van der Waals surface area contributed by atoms with E-state index in [1.54, 1.807) is 36.4 Å². The van der Waals surface area contributed by atoms with Gasteiger partial charge < -0.3 is 0 Å². The smallest absolute Gasteiger partial charge is 0.0622 e. The van der Waals surface area contributed by atoms with Crippen molar-refractivity contribution in [1.29, 1.82) is 0 Å². The van der Waals surface area contributed by atoms with E-state index in [1.807, 2.05) is 0 Å². The van der Waals surface area contributed by atoms with E-state index >= 15 is 0 Å². The second-order valence-electron chi connectivity index (χ2n) is 8.63. The van der Waals surface area contributed by atoms with Crippen LogP contribution in [0.5, 0.6) is 0 Å². The zero-order valence-electron chi connectivity index (χ0n) is 38.2. The van der Waals surface area contributed by atoms with Crippen LogP contribution in [0.4, 0.5) is 0 Å². The van der Waals surface area contributed by atoms with Gasteiger partial charge in [-0.1, -0.05) is 141 Å². The summed E-state index contributed by atoms with van der Waals surface area (Å²) in [5.41, 5.74) is -2.11.